The van der Waals surface area contributed by atoms with Gasteiger partial charge in [0.2, 0.25) is 0 Å². The van der Waals surface area contributed by atoms with Crippen LogP contribution in [0, 0.1) is 36.2 Å². The van der Waals surface area contributed by atoms with E-state index in [1.807, 2.05) is 15.5 Å². The molecule has 1 saturated carbocycles. The second kappa shape index (κ2) is 15.1. The zero-order valence-corrected chi connectivity index (χ0v) is 38.9. The van der Waals surface area contributed by atoms with Gasteiger partial charge in [0.25, 0.3) is 5.91 Å². The minimum atomic E-state index is -3.23. The summed E-state index contributed by atoms with van der Waals surface area (Å²) < 4.78 is 69.3. The predicted octanol–water partition coefficient (Wildman–Crippen LogP) is 8.12. The summed E-state index contributed by atoms with van der Waals surface area (Å²) in [5.41, 5.74) is 3.12. The maximum Gasteiger partial charge on any atom is 0.438 e. The first-order valence-corrected chi connectivity index (χ1v) is 24.6. The first-order valence-electron chi connectivity index (χ1n) is 22.9. The molecule has 0 spiro atoms. The normalized spacial score (nSPS) is 24.0. The molecular weight excluding hydrogens is 881 g/mol. The fourth-order valence-electron chi connectivity index (χ4n) is 11.4. The van der Waals surface area contributed by atoms with E-state index in [1.165, 1.54) is 29.1 Å². The number of nitrogens with one attached hydrogen (secondary N) is 2. The number of aromatic amines is 1. The van der Waals surface area contributed by atoms with Crippen molar-refractivity contribution >= 4 is 26.5 Å². The van der Waals surface area contributed by atoms with E-state index in [2.05, 4.69) is 49.1 Å². The van der Waals surface area contributed by atoms with Crippen LogP contribution in [-0.2, 0) is 26.4 Å². The van der Waals surface area contributed by atoms with Gasteiger partial charge in [0.1, 0.15) is 28.7 Å². The number of H-pyrrole nitrogens is 1. The van der Waals surface area contributed by atoms with Crippen molar-refractivity contribution in [2.45, 2.75) is 114 Å². The molecule has 15 nitrogen and oxygen atoms in total. The van der Waals surface area contributed by atoms with E-state index in [9.17, 15) is 13.8 Å². The van der Waals surface area contributed by atoms with Gasteiger partial charge in [-0.2, -0.15) is 5.10 Å². The Morgan fingerprint density at radius 1 is 0.985 bits per heavy atom. The van der Waals surface area contributed by atoms with E-state index in [-0.39, 0.29) is 51.5 Å². The maximum atomic E-state index is 15.9. The summed E-state index contributed by atoms with van der Waals surface area (Å²) >= 11 is 0. The lowest BCUT2D eigenvalue weighted by Crippen LogP contribution is -2.43. The molecule has 2 N–H and O–H groups in total. The zero-order valence-electron chi connectivity index (χ0n) is 38.1. The van der Waals surface area contributed by atoms with E-state index in [1.54, 1.807) is 37.6 Å². The Kier molecular flexibility index (Phi) is 9.70. The molecule has 4 aliphatic rings. The quantitative estimate of drug-likeness (QED) is 0.146. The number of nitrogens with zero attached hydrogens (tertiary/aromatic N) is 7. The van der Waals surface area contributed by atoms with Crippen LogP contribution in [0.3, 0.4) is 0 Å². The summed E-state index contributed by atoms with van der Waals surface area (Å²) in [6.45, 7) is 11.8. The summed E-state index contributed by atoms with van der Waals surface area (Å²) in [5.74, 6) is -1.17. The third-order valence-electron chi connectivity index (χ3n) is 14.8. The number of aryl methyl sites for hydroxylation is 2. The fraction of sp³-hybridized carbons (Fsp3) is 0.408. The third kappa shape index (κ3) is 6.64. The molecular formula is C49H51F2N9O6S. The number of carbonyl (C=O) groups excluding carboxylic acids is 1. The van der Waals surface area contributed by atoms with Crippen molar-refractivity contribution in [1.82, 2.24) is 38.5 Å². The predicted molar refractivity (Wildman–Crippen MR) is 245 cm³/mol. The first kappa shape index (κ1) is 43.2. The molecule has 6 atom stereocenters. The number of fused-ring (bicyclic) bond motifs is 5. The maximum absolute atomic E-state index is 15.9. The number of hydrogen-bond donors (Lipinski definition) is 2. The second-order valence-electron chi connectivity index (χ2n) is 19.5. The Morgan fingerprint density at radius 3 is 2.40 bits per heavy atom. The van der Waals surface area contributed by atoms with Gasteiger partial charge in [-0.05, 0) is 137 Å². The van der Waals surface area contributed by atoms with Crippen LogP contribution >= 0.6 is 0 Å². The number of ether oxygens (including phenoxy) is 1. The minimum Gasteiger partial charge on any atom is -0.376 e. The lowest BCUT2D eigenvalue weighted by atomic mass is 9.83. The molecule has 1 unspecified atom stereocenters. The van der Waals surface area contributed by atoms with Gasteiger partial charge in [-0.1, -0.05) is 25.1 Å². The Balaban J connectivity index is 1.07. The van der Waals surface area contributed by atoms with Gasteiger partial charge in [-0.25, -0.2) is 32.0 Å². The number of carbonyl (C=O) groups is 1. The van der Waals surface area contributed by atoms with E-state index < -0.39 is 38.6 Å². The van der Waals surface area contributed by atoms with Crippen molar-refractivity contribution < 1.29 is 27.0 Å². The standard InChI is InChI=1S/C49H51F2N9O6S/c1-7-67(52,64)34-10-13-38(35(50)23-34)56-15-16-57(47(56)63)43-41-36(54-60(43)33-18-26(2)42(51)27(3)19-33)22-32-9-12-39(41)58(32)44(61)40-21-31-20-29(30-14-17-65-48(5,6)25-30)8-11-37(31)59(40)49(24-28(49)4)45-53-46(62)66-55-45/h8,10-11,13,15-16,18-21,23,28,30,32,39,52H,7,9,12,14,17,22,24-25H2,1-6H3,(H,53,55,62)/t28-,30-,32+,39-,49-,67?/m0/s1. The van der Waals surface area contributed by atoms with Crippen LogP contribution in [0.5, 0.6) is 0 Å². The smallest absolute Gasteiger partial charge is 0.376 e. The van der Waals surface area contributed by atoms with Crippen molar-refractivity contribution in [3.05, 3.63) is 139 Å². The van der Waals surface area contributed by atoms with E-state index in [0.29, 0.717) is 77.7 Å². The molecule has 18 heteroatoms. The Bertz CT molecular complexity index is 3430. The SMILES string of the molecule is CCS(=N)(=O)c1ccc(-n2ccn(-c3c4c(nn3-c3cc(C)c(F)c(C)c3)C[C@H]3CC[C@@H]4N3C(=O)c3cc4cc([C@H]5CCOC(C)(C)C5)ccc4n3[C@@]3(c4noc(=O)[nH]4)C[C@@H]3C)c2=O)c(F)c1. The van der Waals surface area contributed by atoms with Crippen LogP contribution in [0.25, 0.3) is 28.1 Å². The van der Waals surface area contributed by atoms with Gasteiger partial charge in [0, 0.05) is 53.7 Å². The Hall–Kier alpha value is -6.40. The summed E-state index contributed by atoms with van der Waals surface area (Å²) in [7, 11) is -3.23. The molecule has 7 heterocycles. The van der Waals surface area contributed by atoms with Crippen molar-refractivity contribution in [1.29, 1.82) is 4.78 Å². The number of imidazole rings is 1. The lowest BCUT2D eigenvalue weighted by Gasteiger charge is -2.36. The molecule has 2 saturated heterocycles. The number of halogens is 2. The highest BCUT2D eigenvalue weighted by Crippen LogP contribution is 2.57. The molecule has 67 heavy (non-hydrogen) atoms. The largest absolute Gasteiger partial charge is 0.438 e. The minimum absolute atomic E-state index is 0.00194. The van der Waals surface area contributed by atoms with E-state index >= 15 is 13.6 Å². The second-order valence-corrected chi connectivity index (χ2v) is 21.9. The molecule has 3 fully saturated rings. The average molecular weight is 932 g/mol. The van der Waals surface area contributed by atoms with E-state index in [4.69, 9.17) is 19.1 Å². The molecule has 11 rings (SSSR count). The highest BCUT2D eigenvalue weighted by molar-refractivity contribution is 7.92. The highest BCUT2D eigenvalue weighted by Gasteiger charge is 2.59. The third-order valence-corrected chi connectivity index (χ3v) is 16.7. The van der Waals surface area contributed by atoms with Crippen LogP contribution in [0.1, 0.15) is 116 Å². The van der Waals surface area contributed by atoms with Gasteiger partial charge in [0.15, 0.2) is 5.82 Å². The van der Waals surface area contributed by atoms with Gasteiger partial charge in [-0.15, -0.1) is 0 Å². The van der Waals surface area contributed by atoms with Crippen LogP contribution in [0.15, 0.2) is 86.0 Å². The number of aromatic nitrogens is 7. The van der Waals surface area contributed by atoms with Crippen LogP contribution in [-0.4, -0.2) is 72.6 Å². The summed E-state index contributed by atoms with van der Waals surface area (Å²) in [4.78, 5) is 47.7. The molecule has 4 aromatic heterocycles. The molecule has 1 amide bonds. The monoisotopic (exact) mass is 931 g/mol. The van der Waals surface area contributed by atoms with Crippen molar-refractivity contribution in [2.75, 3.05) is 12.4 Å². The molecule has 0 radical (unpaired) electrons. The van der Waals surface area contributed by atoms with Crippen LogP contribution in [0.2, 0.25) is 0 Å². The van der Waals surface area contributed by atoms with E-state index in [0.717, 1.165) is 39.9 Å². The number of hydrogen-bond acceptors (Lipinski definition) is 9. The Morgan fingerprint density at radius 2 is 1.73 bits per heavy atom. The van der Waals surface area contributed by atoms with Crippen molar-refractivity contribution in [2.24, 2.45) is 5.92 Å². The molecule has 3 aliphatic heterocycles. The van der Waals surface area contributed by atoms with Crippen molar-refractivity contribution in [3.8, 4) is 17.2 Å². The van der Waals surface area contributed by atoms with Crippen molar-refractivity contribution in [3.63, 3.8) is 0 Å². The average Bonchev–Trinajstić information content (AvgIpc) is 3.89. The Labute approximate surface area is 384 Å². The van der Waals surface area contributed by atoms with Crippen LogP contribution < -0.4 is 11.4 Å². The van der Waals surface area contributed by atoms with Crippen LogP contribution in [0.4, 0.5) is 8.78 Å². The number of benzene rings is 3. The number of amides is 1. The lowest BCUT2D eigenvalue weighted by molar-refractivity contribution is -0.0592. The van der Waals surface area contributed by atoms with Gasteiger partial charge >= 0.3 is 11.4 Å². The topological polar surface area (TPSA) is 179 Å². The molecule has 1 aliphatic carbocycles. The summed E-state index contributed by atoms with van der Waals surface area (Å²) in [5, 5.41) is 10.2. The van der Waals surface area contributed by atoms with Gasteiger partial charge < -0.3 is 14.2 Å². The zero-order chi connectivity index (χ0) is 47.1. The van der Waals surface area contributed by atoms with Gasteiger partial charge in [0.05, 0.1) is 43.3 Å². The molecule has 7 aromatic rings. The number of rotatable bonds is 9. The molecule has 348 valence electrons. The molecule has 3 aromatic carbocycles. The molecule has 2 bridgehead atoms. The summed E-state index contributed by atoms with van der Waals surface area (Å²) in [6.07, 6.45) is 6.86. The summed E-state index contributed by atoms with van der Waals surface area (Å²) in [6, 6.07) is 14.6. The first-order chi connectivity index (χ1) is 31.9. The highest BCUT2D eigenvalue weighted by atomic mass is 32.2. The van der Waals surface area contributed by atoms with Gasteiger partial charge in [-0.3, -0.25) is 23.4 Å². The fourth-order valence-corrected chi connectivity index (χ4v) is 12.3.